The van der Waals surface area contributed by atoms with E-state index < -0.39 is 5.60 Å². The molecule has 94 valence electrons. The van der Waals surface area contributed by atoms with Crippen molar-refractivity contribution in [2.24, 2.45) is 0 Å². The number of thioether (sulfide) groups is 1. The minimum atomic E-state index is -0.731. The second kappa shape index (κ2) is 6.47. The average molecular weight is 246 g/mol. The molecule has 0 aromatic rings. The zero-order chi connectivity index (χ0) is 12.0. The van der Waals surface area contributed by atoms with Gasteiger partial charge in [0.05, 0.1) is 12.1 Å². The highest BCUT2D eigenvalue weighted by molar-refractivity contribution is 7.98. The molecule has 0 aromatic heterocycles. The average Bonchev–Trinajstić information content (AvgIpc) is 2.69. The fraction of sp³-hybridized carbons (Fsp3) is 0.909. The molecule has 1 rings (SSSR count). The molecular weight excluding hydrogens is 224 g/mol. The Hall–Kier alpha value is -0.260. The van der Waals surface area contributed by atoms with Crippen molar-refractivity contribution in [3.05, 3.63) is 0 Å². The molecule has 0 aliphatic carbocycles. The van der Waals surface area contributed by atoms with Crippen LogP contribution in [0.15, 0.2) is 0 Å². The number of likely N-dealkylation sites (tertiary alicyclic amines) is 1. The van der Waals surface area contributed by atoms with E-state index in [1.54, 1.807) is 18.7 Å². The minimum Gasteiger partial charge on any atom is -0.388 e. The lowest BCUT2D eigenvalue weighted by atomic mass is 10.1. The lowest BCUT2D eigenvalue weighted by molar-refractivity contribution is -0.129. The van der Waals surface area contributed by atoms with Crippen LogP contribution in [0.3, 0.4) is 0 Å². The van der Waals surface area contributed by atoms with Crippen LogP contribution < -0.4 is 5.32 Å². The Labute approximate surface area is 102 Å². The summed E-state index contributed by atoms with van der Waals surface area (Å²) in [6, 6.07) is 0. The first-order valence-electron chi connectivity index (χ1n) is 5.75. The monoisotopic (exact) mass is 246 g/mol. The Morgan fingerprint density at radius 1 is 1.50 bits per heavy atom. The van der Waals surface area contributed by atoms with E-state index in [-0.39, 0.29) is 5.91 Å². The Morgan fingerprint density at radius 2 is 2.12 bits per heavy atom. The number of amides is 1. The molecule has 1 unspecified atom stereocenters. The number of hydrogen-bond acceptors (Lipinski definition) is 4. The van der Waals surface area contributed by atoms with E-state index >= 15 is 0 Å². The van der Waals surface area contributed by atoms with Crippen molar-refractivity contribution in [1.82, 2.24) is 10.2 Å². The van der Waals surface area contributed by atoms with E-state index in [1.165, 1.54) is 0 Å². The summed E-state index contributed by atoms with van der Waals surface area (Å²) in [7, 11) is 0. The molecule has 0 saturated carbocycles. The Balaban J connectivity index is 2.16. The summed E-state index contributed by atoms with van der Waals surface area (Å²) in [6.45, 7) is 4.37. The van der Waals surface area contributed by atoms with Gasteiger partial charge in [0.1, 0.15) is 0 Å². The Bertz CT molecular complexity index is 228. The molecule has 1 saturated heterocycles. The highest BCUT2D eigenvalue weighted by Gasteiger charge is 2.21. The van der Waals surface area contributed by atoms with E-state index in [2.05, 4.69) is 5.32 Å². The van der Waals surface area contributed by atoms with Crippen LogP contribution in [0.25, 0.3) is 0 Å². The van der Waals surface area contributed by atoms with Crippen LogP contribution in [-0.4, -0.2) is 59.7 Å². The summed E-state index contributed by atoms with van der Waals surface area (Å²) >= 11 is 1.61. The Morgan fingerprint density at radius 3 is 2.69 bits per heavy atom. The number of carbonyl (C=O) groups excluding carboxylic acids is 1. The number of rotatable bonds is 6. The molecule has 0 spiro atoms. The molecule has 0 radical (unpaired) electrons. The van der Waals surface area contributed by atoms with Crippen LogP contribution >= 0.6 is 11.8 Å². The number of carbonyl (C=O) groups is 1. The third-order valence-corrected chi connectivity index (χ3v) is 3.61. The molecule has 0 aromatic carbocycles. The molecule has 1 fully saturated rings. The third-order valence-electron chi connectivity index (χ3n) is 2.70. The molecule has 2 N–H and O–H groups in total. The van der Waals surface area contributed by atoms with E-state index in [4.69, 9.17) is 0 Å². The predicted molar refractivity (Wildman–Crippen MR) is 67.7 cm³/mol. The molecular formula is C11H22N2O2S. The van der Waals surface area contributed by atoms with Crippen LogP contribution in [0, 0.1) is 0 Å². The van der Waals surface area contributed by atoms with Crippen LogP contribution in [0.1, 0.15) is 19.8 Å². The molecule has 1 aliphatic heterocycles. The predicted octanol–water partition coefficient (Wildman–Crippen LogP) is 0.312. The molecule has 1 amide bonds. The number of aliphatic hydroxyl groups is 1. The number of hydrogen-bond donors (Lipinski definition) is 2. The second-order valence-corrected chi connectivity index (χ2v) is 5.49. The standard InChI is InChI=1S/C11H22N2O2S/c1-11(15,9-16-2)8-12-7-10(14)13-5-3-4-6-13/h12,15H,3-9H2,1-2H3. The van der Waals surface area contributed by atoms with Crippen LogP contribution in [0.5, 0.6) is 0 Å². The van der Waals surface area contributed by atoms with Gasteiger partial charge in [-0.15, -0.1) is 0 Å². The molecule has 1 aliphatic rings. The van der Waals surface area contributed by atoms with Crippen molar-refractivity contribution in [1.29, 1.82) is 0 Å². The first-order valence-corrected chi connectivity index (χ1v) is 7.14. The number of nitrogens with zero attached hydrogens (tertiary/aromatic N) is 1. The van der Waals surface area contributed by atoms with Crippen molar-refractivity contribution in [2.45, 2.75) is 25.4 Å². The summed E-state index contributed by atoms with van der Waals surface area (Å²) in [6.07, 6.45) is 4.20. The first kappa shape index (κ1) is 13.8. The van der Waals surface area contributed by atoms with Crippen molar-refractivity contribution >= 4 is 17.7 Å². The van der Waals surface area contributed by atoms with Gasteiger partial charge in [0.15, 0.2) is 0 Å². The van der Waals surface area contributed by atoms with Gasteiger partial charge in [0.25, 0.3) is 0 Å². The second-order valence-electron chi connectivity index (χ2n) is 4.62. The molecule has 5 heteroatoms. The quantitative estimate of drug-likeness (QED) is 0.708. The van der Waals surface area contributed by atoms with Crippen molar-refractivity contribution in [3.8, 4) is 0 Å². The largest absolute Gasteiger partial charge is 0.388 e. The summed E-state index contributed by atoms with van der Waals surface area (Å²) in [5.41, 5.74) is -0.731. The highest BCUT2D eigenvalue weighted by Crippen LogP contribution is 2.09. The zero-order valence-corrected chi connectivity index (χ0v) is 11.0. The third kappa shape index (κ3) is 4.72. The lowest BCUT2D eigenvalue weighted by Crippen LogP contribution is -2.44. The van der Waals surface area contributed by atoms with E-state index in [1.807, 2.05) is 11.2 Å². The lowest BCUT2D eigenvalue weighted by Gasteiger charge is -2.23. The molecule has 1 atom stereocenters. The van der Waals surface area contributed by atoms with Gasteiger partial charge in [0, 0.05) is 25.4 Å². The van der Waals surface area contributed by atoms with Gasteiger partial charge >= 0.3 is 0 Å². The van der Waals surface area contributed by atoms with Crippen molar-refractivity contribution in [3.63, 3.8) is 0 Å². The van der Waals surface area contributed by atoms with Gasteiger partial charge < -0.3 is 15.3 Å². The van der Waals surface area contributed by atoms with Gasteiger partial charge in [-0.1, -0.05) is 0 Å². The van der Waals surface area contributed by atoms with E-state index in [0.717, 1.165) is 25.9 Å². The summed E-state index contributed by atoms with van der Waals surface area (Å²) in [5.74, 6) is 0.829. The molecule has 16 heavy (non-hydrogen) atoms. The van der Waals surface area contributed by atoms with Crippen LogP contribution in [0.2, 0.25) is 0 Å². The van der Waals surface area contributed by atoms with Crippen LogP contribution in [0.4, 0.5) is 0 Å². The maximum Gasteiger partial charge on any atom is 0.236 e. The summed E-state index contributed by atoms with van der Waals surface area (Å²) in [4.78, 5) is 13.6. The first-order chi connectivity index (χ1) is 7.55. The Kier molecular flexibility index (Phi) is 5.58. The van der Waals surface area contributed by atoms with Gasteiger partial charge in [-0.3, -0.25) is 4.79 Å². The topological polar surface area (TPSA) is 52.6 Å². The fourth-order valence-corrected chi connectivity index (χ4v) is 2.60. The zero-order valence-electron chi connectivity index (χ0n) is 10.2. The molecule has 4 nitrogen and oxygen atoms in total. The van der Waals surface area contributed by atoms with E-state index in [9.17, 15) is 9.90 Å². The van der Waals surface area contributed by atoms with Crippen molar-refractivity contribution in [2.75, 3.05) is 38.2 Å². The van der Waals surface area contributed by atoms with Gasteiger partial charge in [-0.25, -0.2) is 0 Å². The SMILES string of the molecule is CSCC(C)(O)CNCC(=O)N1CCCC1. The number of nitrogens with one attached hydrogen (secondary N) is 1. The maximum atomic E-state index is 11.7. The summed E-state index contributed by atoms with van der Waals surface area (Å²) < 4.78 is 0. The van der Waals surface area contributed by atoms with Gasteiger partial charge in [-0.2, -0.15) is 11.8 Å². The van der Waals surface area contributed by atoms with Gasteiger partial charge in [0.2, 0.25) is 5.91 Å². The fourth-order valence-electron chi connectivity index (χ4n) is 1.88. The van der Waals surface area contributed by atoms with Crippen LogP contribution in [-0.2, 0) is 4.79 Å². The maximum absolute atomic E-state index is 11.7. The smallest absolute Gasteiger partial charge is 0.236 e. The van der Waals surface area contributed by atoms with Gasteiger partial charge in [-0.05, 0) is 26.0 Å². The van der Waals surface area contributed by atoms with E-state index in [0.29, 0.717) is 18.8 Å². The minimum absolute atomic E-state index is 0.150. The van der Waals surface area contributed by atoms with Crippen molar-refractivity contribution < 1.29 is 9.90 Å². The molecule has 0 bridgehead atoms. The molecule has 1 heterocycles. The summed E-state index contributed by atoms with van der Waals surface area (Å²) in [5, 5.41) is 12.9. The normalized spacial score (nSPS) is 19.8. The highest BCUT2D eigenvalue weighted by atomic mass is 32.2.